The number of halogens is 4. The third-order valence-electron chi connectivity index (χ3n) is 3.20. The Morgan fingerprint density at radius 2 is 1.50 bits per heavy atom. The molecule has 3 rings (SSSR count). The van der Waals surface area contributed by atoms with E-state index in [4.69, 9.17) is 46.4 Å². The van der Waals surface area contributed by atoms with Gasteiger partial charge in [0.15, 0.2) is 0 Å². The van der Waals surface area contributed by atoms with Gasteiger partial charge in [0.25, 0.3) is 0 Å². The van der Waals surface area contributed by atoms with Gasteiger partial charge in [0.05, 0.1) is 25.8 Å². The molecule has 112 valence electrons. The van der Waals surface area contributed by atoms with Gasteiger partial charge in [-0.1, -0.05) is 58.5 Å². The maximum absolute atomic E-state index is 6.04. The molecule has 0 unspecified atom stereocenters. The van der Waals surface area contributed by atoms with Gasteiger partial charge in [-0.15, -0.1) is 0 Å². The SMILES string of the molecule is Clc1ccc(Cc2nc(-c3ccc(Cl)c(Cl)c3)c[nH]2)cc1Cl. The smallest absolute Gasteiger partial charge is 0.111 e. The first-order valence-electron chi connectivity index (χ1n) is 6.46. The summed E-state index contributed by atoms with van der Waals surface area (Å²) in [6.45, 7) is 0. The summed E-state index contributed by atoms with van der Waals surface area (Å²) in [4.78, 5) is 7.72. The van der Waals surface area contributed by atoms with Crippen molar-refractivity contribution in [1.82, 2.24) is 9.97 Å². The van der Waals surface area contributed by atoms with E-state index in [1.165, 1.54) is 0 Å². The van der Waals surface area contributed by atoms with Crippen LogP contribution < -0.4 is 0 Å². The van der Waals surface area contributed by atoms with Gasteiger partial charge in [-0.2, -0.15) is 0 Å². The van der Waals surface area contributed by atoms with Crippen LogP contribution in [-0.4, -0.2) is 9.97 Å². The maximum Gasteiger partial charge on any atom is 0.111 e. The Morgan fingerprint density at radius 1 is 0.818 bits per heavy atom. The molecule has 0 bridgehead atoms. The van der Waals surface area contributed by atoms with Crippen LogP contribution in [0.15, 0.2) is 42.6 Å². The third-order valence-corrected chi connectivity index (χ3v) is 4.68. The lowest BCUT2D eigenvalue weighted by molar-refractivity contribution is 1.03. The lowest BCUT2D eigenvalue weighted by atomic mass is 10.1. The Balaban J connectivity index is 1.84. The van der Waals surface area contributed by atoms with E-state index in [0.29, 0.717) is 26.5 Å². The van der Waals surface area contributed by atoms with E-state index in [0.717, 1.165) is 22.6 Å². The fourth-order valence-corrected chi connectivity index (χ4v) is 2.72. The van der Waals surface area contributed by atoms with E-state index in [1.54, 1.807) is 18.2 Å². The fourth-order valence-electron chi connectivity index (χ4n) is 2.10. The number of hydrogen-bond donors (Lipinski definition) is 1. The van der Waals surface area contributed by atoms with E-state index in [2.05, 4.69) is 9.97 Å². The van der Waals surface area contributed by atoms with Crippen LogP contribution in [0.1, 0.15) is 11.4 Å². The van der Waals surface area contributed by atoms with Gasteiger partial charge in [0.2, 0.25) is 0 Å². The normalized spacial score (nSPS) is 10.9. The lowest BCUT2D eigenvalue weighted by Gasteiger charge is -2.01. The largest absolute Gasteiger partial charge is 0.348 e. The van der Waals surface area contributed by atoms with Crippen molar-refractivity contribution in [2.75, 3.05) is 0 Å². The number of benzene rings is 2. The fraction of sp³-hybridized carbons (Fsp3) is 0.0625. The highest BCUT2D eigenvalue weighted by Gasteiger charge is 2.08. The minimum atomic E-state index is 0.508. The molecule has 3 aromatic rings. The lowest BCUT2D eigenvalue weighted by Crippen LogP contribution is -1.91. The summed E-state index contributed by atoms with van der Waals surface area (Å²) in [5.41, 5.74) is 2.75. The summed E-state index contributed by atoms with van der Waals surface area (Å²) in [5, 5.41) is 2.11. The standard InChI is InChI=1S/C16H10Cl4N2/c17-11-3-1-9(5-13(11)19)6-16-21-8-15(22-16)10-2-4-12(18)14(20)7-10/h1-5,7-8H,6H2,(H,21,22). The highest BCUT2D eigenvalue weighted by atomic mass is 35.5. The number of imidazole rings is 1. The Bertz CT molecular complexity index is 827. The molecular formula is C16H10Cl4N2. The minimum Gasteiger partial charge on any atom is -0.348 e. The zero-order valence-corrected chi connectivity index (χ0v) is 14.2. The van der Waals surface area contributed by atoms with Crippen molar-refractivity contribution in [2.45, 2.75) is 6.42 Å². The summed E-state index contributed by atoms with van der Waals surface area (Å²) in [5.74, 6) is 0.833. The molecule has 22 heavy (non-hydrogen) atoms. The molecule has 0 aliphatic heterocycles. The molecule has 1 heterocycles. The first kappa shape index (κ1) is 15.7. The van der Waals surface area contributed by atoms with Crippen LogP contribution in [0, 0.1) is 0 Å². The average molecular weight is 372 g/mol. The van der Waals surface area contributed by atoms with Crippen LogP contribution >= 0.6 is 46.4 Å². The number of aromatic amines is 1. The van der Waals surface area contributed by atoms with Gasteiger partial charge < -0.3 is 4.98 Å². The molecule has 0 spiro atoms. The predicted octanol–water partition coefficient (Wildman–Crippen LogP) is 6.28. The second kappa shape index (κ2) is 6.51. The predicted molar refractivity (Wildman–Crippen MR) is 93.3 cm³/mol. The Hall–Kier alpha value is -1.19. The van der Waals surface area contributed by atoms with Crippen LogP contribution in [-0.2, 0) is 6.42 Å². The molecule has 0 aliphatic rings. The number of nitrogens with zero attached hydrogens (tertiary/aromatic N) is 1. The Labute approximate surface area is 148 Å². The van der Waals surface area contributed by atoms with E-state index >= 15 is 0 Å². The molecule has 0 atom stereocenters. The van der Waals surface area contributed by atoms with E-state index < -0.39 is 0 Å². The monoisotopic (exact) mass is 370 g/mol. The van der Waals surface area contributed by atoms with Crippen molar-refractivity contribution < 1.29 is 0 Å². The highest BCUT2D eigenvalue weighted by Crippen LogP contribution is 2.28. The van der Waals surface area contributed by atoms with Crippen molar-refractivity contribution in [3.8, 4) is 11.3 Å². The Morgan fingerprint density at radius 3 is 2.18 bits per heavy atom. The molecule has 2 nitrogen and oxygen atoms in total. The van der Waals surface area contributed by atoms with Crippen LogP contribution in [0.4, 0.5) is 0 Å². The van der Waals surface area contributed by atoms with Gasteiger partial charge >= 0.3 is 0 Å². The zero-order chi connectivity index (χ0) is 15.7. The van der Waals surface area contributed by atoms with Crippen LogP contribution in [0.3, 0.4) is 0 Å². The topological polar surface area (TPSA) is 28.7 Å². The molecule has 0 saturated carbocycles. The average Bonchev–Trinajstić information content (AvgIpc) is 2.94. The molecule has 6 heteroatoms. The summed E-state index contributed by atoms with van der Waals surface area (Å²) in [7, 11) is 0. The first-order chi connectivity index (χ1) is 10.5. The van der Waals surface area contributed by atoms with Crippen LogP contribution in [0.5, 0.6) is 0 Å². The number of rotatable bonds is 3. The quantitative estimate of drug-likeness (QED) is 0.576. The van der Waals surface area contributed by atoms with E-state index in [-0.39, 0.29) is 0 Å². The van der Waals surface area contributed by atoms with Crippen LogP contribution in [0.25, 0.3) is 11.3 Å². The molecule has 2 aromatic carbocycles. The van der Waals surface area contributed by atoms with Gasteiger partial charge in [0.1, 0.15) is 5.82 Å². The highest BCUT2D eigenvalue weighted by molar-refractivity contribution is 6.42. The molecule has 1 aromatic heterocycles. The van der Waals surface area contributed by atoms with Gasteiger partial charge in [-0.3, -0.25) is 0 Å². The molecule has 0 aliphatic carbocycles. The molecule has 0 fully saturated rings. The van der Waals surface area contributed by atoms with Crippen molar-refractivity contribution in [2.24, 2.45) is 0 Å². The summed E-state index contributed by atoms with van der Waals surface area (Å²) in [6.07, 6.45) is 2.48. The summed E-state index contributed by atoms with van der Waals surface area (Å²) in [6, 6.07) is 11.0. The molecule has 0 amide bonds. The van der Waals surface area contributed by atoms with Gasteiger partial charge in [-0.25, -0.2) is 4.98 Å². The van der Waals surface area contributed by atoms with E-state index in [9.17, 15) is 0 Å². The minimum absolute atomic E-state index is 0.508. The van der Waals surface area contributed by atoms with Crippen LogP contribution in [0.2, 0.25) is 20.1 Å². The summed E-state index contributed by atoms with van der Waals surface area (Å²) < 4.78 is 0. The number of H-pyrrole nitrogens is 1. The second-order valence-electron chi connectivity index (χ2n) is 4.79. The maximum atomic E-state index is 6.04. The van der Waals surface area contributed by atoms with Gasteiger partial charge in [0, 0.05) is 18.2 Å². The van der Waals surface area contributed by atoms with E-state index in [1.807, 2.05) is 24.4 Å². The molecular weight excluding hydrogens is 362 g/mol. The third kappa shape index (κ3) is 3.41. The van der Waals surface area contributed by atoms with Crippen molar-refractivity contribution in [3.05, 3.63) is 74.1 Å². The Kier molecular flexibility index (Phi) is 4.65. The van der Waals surface area contributed by atoms with Crippen molar-refractivity contribution >= 4 is 46.4 Å². The summed E-state index contributed by atoms with van der Waals surface area (Å²) >= 11 is 23.9. The first-order valence-corrected chi connectivity index (χ1v) is 7.98. The van der Waals surface area contributed by atoms with Gasteiger partial charge in [-0.05, 0) is 29.8 Å². The number of aromatic nitrogens is 2. The van der Waals surface area contributed by atoms with Crippen molar-refractivity contribution in [1.29, 1.82) is 0 Å². The molecule has 0 radical (unpaired) electrons. The molecule has 1 N–H and O–H groups in total. The second-order valence-corrected chi connectivity index (χ2v) is 6.42. The van der Waals surface area contributed by atoms with Crippen molar-refractivity contribution in [3.63, 3.8) is 0 Å². The molecule has 0 saturated heterocycles. The zero-order valence-electron chi connectivity index (χ0n) is 11.2. The number of hydrogen-bond acceptors (Lipinski definition) is 1. The number of nitrogens with one attached hydrogen (secondary N) is 1.